The summed E-state index contributed by atoms with van der Waals surface area (Å²) in [5, 5.41) is 0. The van der Waals surface area contributed by atoms with Gasteiger partial charge in [-0.2, -0.15) is 0 Å². The third-order valence-corrected chi connectivity index (χ3v) is 6.63. The van der Waals surface area contributed by atoms with Crippen molar-refractivity contribution < 1.29 is 8.42 Å². The van der Waals surface area contributed by atoms with Crippen molar-refractivity contribution in [1.82, 2.24) is 4.72 Å². The predicted octanol–water partition coefficient (Wildman–Crippen LogP) is 2.24. The summed E-state index contributed by atoms with van der Waals surface area (Å²) in [6.07, 6.45) is 2.23. The molecule has 118 valence electrons. The summed E-state index contributed by atoms with van der Waals surface area (Å²) in [7, 11) is -3.51. The Hall–Kier alpha value is -0.910. The summed E-state index contributed by atoms with van der Waals surface area (Å²) < 4.78 is 28.0. The molecule has 0 saturated heterocycles. The van der Waals surface area contributed by atoms with Crippen molar-refractivity contribution in [1.29, 1.82) is 0 Å². The highest BCUT2D eigenvalue weighted by molar-refractivity contribution is 7.89. The van der Waals surface area contributed by atoms with Crippen LogP contribution in [-0.2, 0) is 10.0 Å². The van der Waals surface area contributed by atoms with E-state index in [9.17, 15) is 8.42 Å². The molecule has 4 nitrogen and oxygen atoms in total. The second-order valence-electron chi connectivity index (χ2n) is 6.31. The Bertz CT molecular complexity index is 632. The van der Waals surface area contributed by atoms with E-state index in [-0.39, 0.29) is 6.04 Å². The Morgan fingerprint density at radius 1 is 1.00 bits per heavy atom. The van der Waals surface area contributed by atoms with Crippen LogP contribution in [0.25, 0.3) is 0 Å². The maximum atomic E-state index is 12.7. The zero-order valence-corrected chi connectivity index (χ0v) is 14.4. The van der Waals surface area contributed by atoms with Gasteiger partial charge in [-0.05, 0) is 81.2 Å². The van der Waals surface area contributed by atoms with Crippen molar-refractivity contribution in [2.75, 3.05) is 6.54 Å². The molecule has 0 amide bonds. The molecule has 0 radical (unpaired) electrons. The van der Waals surface area contributed by atoms with E-state index in [1.165, 1.54) is 5.56 Å². The molecular weight excluding hydrogens is 284 g/mol. The molecule has 0 aliphatic heterocycles. The van der Waals surface area contributed by atoms with Crippen LogP contribution in [0.4, 0.5) is 0 Å². The van der Waals surface area contributed by atoms with Crippen molar-refractivity contribution in [2.24, 2.45) is 11.7 Å². The molecule has 1 aliphatic carbocycles. The van der Waals surface area contributed by atoms with Crippen LogP contribution in [0.15, 0.2) is 4.90 Å². The van der Waals surface area contributed by atoms with E-state index in [0.717, 1.165) is 35.1 Å². The second kappa shape index (κ2) is 5.71. The summed E-state index contributed by atoms with van der Waals surface area (Å²) in [6, 6.07) is -0.0759. The van der Waals surface area contributed by atoms with Crippen molar-refractivity contribution in [3.05, 3.63) is 27.8 Å². The van der Waals surface area contributed by atoms with Gasteiger partial charge in [-0.3, -0.25) is 0 Å². The highest BCUT2D eigenvalue weighted by Gasteiger charge is 2.30. The smallest absolute Gasteiger partial charge is 0.241 e. The lowest BCUT2D eigenvalue weighted by Crippen LogP contribution is -2.39. The summed E-state index contributed by atoms with van der Waals surface area (Å²) >= 11 is 0. The largest absolute Gasteiger partial charge is 0.326 e. The SMILES string of the molecule is Cc1c(C)c(C)c(S(=O)(=O)NCC(N)C2CC2)c(C)c1C. The van der Waals surface area contributed by atoms with Crippen LogP contribution in [0.1, 0.15) is 40.7 Å². The summed E-state index contributed by atoms with van der Waals surface area (Å²) in [5.74, 6) is 0.483. The van der Waals surface area contributed by atoms with Gasteiger partial charge in [0.2, 0.25) is 10.0 Å². The van der Waals surface area contributed by atoms with Gasteiger partial charge >= 0.3 is 0 Å². The lowest BCUT2D eigenvalue weighted by atomic mass is 9.95. The number of sulfonamides is 1. The van der Waals surface area contributed by atoms with Gasteiger partial charge in [0.15, 0.2) is 0 Å². The molecule has 1 aromatic rings. The number of benzene rings is 1. The zero-order chi connectivity index (χ0) is 15.9. The molecule has 1 atom stereocenters. The molecule has 0 bridgehead atoms. The lowest BCUT2D eigenvalue weighted by molar-refractivity contribution is 0.546. The first-order valence-corrected chi connectivity index (χ1v) is 8.97. The number of nitrogens with one attached hydrogen (secondary N) is 1. The van der Waals surface area contributed by atoms with Crippen molar-refractivity contribution in [2.45, 2.75) is 58.4 Å². The Labute approximate surface area is 128 Å². The number of nitrogens with two attached hydrogens (primary N) is 1. The van der Waals surface area contributed by atoms with Crippen LogP contribution in [0, 0.1) is 40.5 Å². The molecule has 2 rings (SSSR count). The van der Waals surface area contributed by atoms with Crippen molar-refractivity contribution >= 4 is 10.0 Å². The maximum absolute atomic E-state index is 12.7. The molecular formula is C16H26N2O2S. The zero-order valence-electron chi connectivity index (χ0n) is 13.6. The van der Waals surface area contributed by atoms with E-state index in [1.54, 1.807) is 0 Å². The predicted molar refractivity (Wildman–Crippen MR) is 86.0 cm³/mol. The fourth-order valence-electron chi connectivity index (χ4n) is 2.84. The van der Waals surface area contributed by atoms with E-state index in [4.69, 9.17) is 5.73 Å². The Kier molecular flexibility index (Phi) is 4.47. The fraction of sp³-hybridized carbons (Fsp3) is 0.625. The molecule has 1 unspecified atom stereocenters. The third kappa shape index (κ3) is 3.15. The van der Waals surface area contributed by atoms with Crippen LogP contribution in [-0.4, -0.2) is 21.0 Å². The number of hydrogen-bond acceptors (Lipinski definition) is 3. The molecule has 0 spiro atoms. The van der Waals surface area contributed by atoms with Gasteiger partial charge in [0, 0.05) is 12.6 Å². The van der Waals surface area contributed by atoms with E-state index in [2.05, 4.69) is 4.72 Å². The number of rotatable bonds is 5. The van der Waals surface area contributed by atoms with Gasteiger partial charge in [0.25, 0.3) is 0 Å². The fourth-order valence-corrected chi connectivity index (χ4v) is 4.51. The minimum absolute atomic E-state index is 0.0759. The average molecular weight is 310 g/mol. The highest BCUT2D eigenvalue weighted by Crippen LogP contribution is 2.32. The van der Waals surface area contributed by atoms with Crippen molar-refractivity contribution in [3.63, 3.8) is 0 Å². The molecule has 0 heterocycles. The van der Waals surface area contributed by atoms with E-state index < -0.39 is 10.0 Å². The summed E-state index contributed by atoms with van der Waals surface area (Å²) in [6.45, 7) is 10.1. The van der Waals surface area contributed by atoms with Gasteiger partial charge in [-0.15, -0.1) is 0 Å². The van der Waals surface area contributed by atoms with Crippen molar-refractivity contribution in [3.8, 4) is 0 Å². The van der Waals surface area contributed by atoms with Crippen LogP contribution in [0.2, 0.25) is 0 Å². The van der Waals surface area contributed by atoms with Gasteiger partial charge in [0.05, 0.1) is 4.90 Å². The van der Waals surface area contributed by atoms with Gasteiger partial charge in [-0.25, -0.2) is 13.1 Å². The van der Waals surface area contributed by atoms with Gasteiger partial charge in [0.1, 0.15) is 0 Å². The first kappa shape index (κ1) is 16.5. The molecule has 3 N–H and O–H groups in total. The topological polar surface area (TPSA) is 72.2 Å². The minimum atomic E-state index is -3.51. The van der Waals surface area contributed by atoms with Gasteiger partial charge in [-0.1, -0.05) is 0 Å². The van der Waals surface area contributed by atoms with E-state index in [0.29, 0.717) is 17.4 Å². The van der Waals surface area contributed by atoms with E-state index in [1.807, 2.05) is 34.6 Å². The monoisotopic (exact) mass is 310 g/mol. The standard InChI is InChI=1S/C16H26N2O2S/c1-9-10(2)12(4)16(13(5)11(9)3)21(19,20)18-8-15(17)14-6-7-14/h14-15,18H,6-8,17H2,1-5H3. The summed E-state index contributed by atoms with van der Waals surface area (Å²) in [4.78, 5) is 0.422. The van der Waals surface area contributed by atoms with Crippen LogP contribution >= 0.6 is 0 Å². The molecule has 1 aliphatic rings. The van der Waals surface area contributed by atoms with Crippen LogP contribution < -0.4 is 10.5 Å². The number of hydrogen-bond donors (Lipinski definition) is 2. The highest BCUT2D eigenvalue weighted by atomic mass is 32.2. The molecule has 21 heavy (non-hydrogen) atoms. The quantitative estimate of drug-likeness (QED) is 0.876. The van der Waals surface area contributed by atoms with Gasteiger partial charge < -0.3 is 5.73 Å². The lowest BCUT2D eigenvalue weighted by Gasteiger charge is -2.20. The normalized spacial score (nSPS) is 17.0. The van der Waals surface area contributed by atoms with Crippen LogP contribution in [0.5, 0.6) is 0 Å². The molecule has 1 aromatic carbocycles. The molecule has 5 heteroatoms. The summed E-state index contributed by atoms with van der Waals surface area (Å²) in [5.41, 5.74) is 10.9. The second-order valence-corrected chi connectivity index (χ2v) is 8.01. The van der Waals surface area contributed by atoms with E-state index >= 15 is 0 Å². The Balaban J connectivity index is 2.35. The maximum Gasteiger partial charge on any atom is 0.241 e. The first-order chi connectivity index (χ1) is 9.66. The van der Waals surface area contributed by atoms with Crippen LogP contribution in [0.3, 0.4) is 0 Å². The average Bonchev–Trinajstić information content (AvgIpc) is 3.25. The Morgan fingerprint density at radius 2 is 1.43 bits per heavy atom. The first-order valence-electron chi connectivity index (χ1n) is 7.49. The molecule has 1 saturated carbocycles. The molecule has 1 fully saturated rings. The molecule has 0 aromatic heterocycles. The Morgan fingerprint density at radius 3 is 1.86 bits per heavy atom. The minimum Gasteiger partial charge on any atom is -0.326 e. The third-order valence-electron chi connectivity index (χ3n) is 4.94.